The minimum absolute atomic E-state index is 0.429. The molecule has 1 saturated carbocycles. The number of hydrogen-bond donors (Lipinski definition) is 1. The van der Waals surface area contributed by atoms with Gasteiger partial charge in [0, 0.05) is 11.7 Å². The number of aromatic nitrogens is 2. The predicted molar refractivity (Wildman–Crippen MR) is 57.3 cm³/mol. The van der Waals surface area contributed by atoms with E-state index < -0.39 is 0 Å². The summed E-state index contributed by atoms with van der Waals surface area (Å²) in [6.07, 6.45) is 2.38. The molecule has 2 rings (SSSR count). The molecule has 4 heteroatoms. The van der Waals surface area contributed by atoms with Crippen molar-refractivity contribution >= 4 is 5.95 Å². The molecular weight excluding hydrogens is 188 g/mol. The molecule has 0 radical (unpaired) electrons. The molecule has 1 fully saturated rings. The Hall–Kier alpha value is -1.63. The second kappa shape index (κ2) is 3.85. The number of aryl methyl sites for hydroxylation is 1. The van der Waals surface area contributed by atoms with Crippen molar-refractivity contribution in [2.45, 2.75) is 32.7 Å². The Kier molecular flexibility index (Phi) is 2.55. The molecule has 1 aromatic rings. The van der Waals surface area contributed by atoms with Gasteiger partial charge in [-0.2, -0.15) is 5.26 Å². The van der Waals surface area contributed by atoms with E-state index >= 15 is 0 Å². The molecule has 0 bridgehead atoms. The SMILES string of the molecule is CCC1CC1Nc1nc(C)cc(C#N)n1. The van der Waals surface area contributed by atoms with Crippen molar-refractivity contribution in [3.63, 3.8) is 0 Å². The van der Waals surface area contributed by atoms with E-state index in [4.69, 9.17) is 5.26 Å². The van der Waals surface area contributed by atoms with Gasteiger partial charge in [-0.05, 0) is 25.3 Å². The lowest BCUT2D eigenvalue weighted by Crippen LogP contribution is -2.09. The molecule has 1 aromatic heterocycles. The summed E-state index contributed by atoms with van der Waals surface area (Å²) >= 11 is 0. The van der Waals surface area contributed by atoms with Crippen molar-refractivity contribution in [1.82, 2.24) is 9.97 Å². The third kappa shape index (κ3) is 2.24. The van der Waals surface area contributed by atoms with Gasteiger partial charge >= 0.3 is 0 Å². The van der Waals surface area contributed by atoms with Crippen molar-refractivity contribution in [1.29, 1.82) is 5.26 Å². The van der Waals surface area contributed by atoms with Gasteiger partial charge in [0.05, 0.1) is 0 Å². The number of hydrogen-bond acceptors (Lipinski definition) is 4. The van der Waals surface area contributed by atoms with Crippen molar-refractivity contribution in [2.75, 3.05) is 5.32 Å². The van der Waals surface area contributed by atoms with Gasteiger partial charge in [0.15, 0.2) is 0 Å². The molecule has 4 nitrogen and oxygen atoms in total. The van der Waals surface area contributed by atoms with Crippen LogP contribution >= 0.6 is 0 Å². The van der Waals surface area contributed by atoms with Crippen molar-refractivity contribution < 1.29 is 0 Å². The second-order valence-corrected chi connectivity index (χ2v) is 3.98. The standard InChI is InChI=1S/C11H14N4/c1-3-8-5-10(8)15-11-13-7(2)4-9(6-12)14-11/h4,8,10H,3,5H2,1-2H3,(H,13,14,15). The van der Waals surface area contributed by atoms with Gasteiger partial charge in [-0.1, -0.05) is 13.3 Å². The van der Waals surface area contributed by atoms with E-state index in [0.29, 0.717) is 17.7 Å². The maximum absolute atomic E-state index is 8.77. The molecular formula is C11H14N4. The Balaban J connectivity index is 2.09. The molecule has 1 N–H and O–H groups in total. The average Bonchev–Trinajstić information content (AvgIpc) is 2.95. The van der Waals surface area contributed by atoms with Gasteiger partial charge < -0.3 is 5.32 Å². The van der Waals surface area contributed by atoms with Gasteiger partial charge in [0.2, 0.25) is 5.95 Å². The first kappa shape index (κ1) is 9.91. The van der Waals surface area contributed by atoms with Crippen LogP contribution in [0.2, 0.25) is 0 Å². The zero-order chi connectivity index (χ0) is 10.8. The highest BCUT2D eigenvalue weighted by Crippen LogP contribution is 2.35. The van der Waals surface area contributed by atoms with Crippen LogP contribution in [0.3, 0.4) is 0 Å². The third-order valence-electron chi connectivity index (χ3n) is 2.73. The average molecular weight is 202 g/mol. The third-order valence-corrected chi connectivity index (χ3v) is 2.73. The smallest absolute Gasteiger partial charge is 0.224 e. The topological polar surface area (TPSA) is 61.6 Å². The van der Waals surface area contributed by atoms with E-state index in [1.807, 2.05) is 13.0 Å². The van der Waals surface area contributed by atoms with Crippen LogP contribution in [0.5, 0.6) is 0 Å². The zero-order valence-electron chi connectivity index (χ0n) is 8.99. The molecule has 15 heavy (non-hydrogen) atoms. The van der Waals surface area contributed by atoms with Crippen LogP contribution in [0.4, 0.5) is 5.95 Å². The van der Waals surface area contributed by atoms with Crippen LogP contribution in [0.15, 0.2) is 6.07 Å². The molecule has 0 aromatic carbocycles. The number of anilines is 1. The zero-order valence-corrected chi connectivity index (χ0v) is 8.99. The predicted octanol–water partition coefficient (Wildman–Crippen LogP) is 1.87. The highest BCUT2D eigenvalue weighted by Gasteiger charge is 2.35. The number of nitrogens with zero attached hydrogens (tertiary/aromatic N) is 3. The number of rotatable bonds is 3. The van der Waals surface area contributed by atoms with E-state index in [2.05, 4.69) is 22.2 Å². The van der Waals surface area contributed by atoms with Gasteiger partial charge in [-0.15, -0.1) is 0 Å². The Morgan fingerprint density at radius 3 is 3.00 bits per heavy atom. The molecule has 1 aliphatic carbocycles. The maximum atomic E-state index is 8.77. The van der Waals surface area contributed by atoms with Crippen molar-refractivity contribution in [2.24, 2.45) is 5.92 Å². The van der Waals surface area contributed by atoms with Gasteiger partial charge in [0.1, 0.15) is 11.8 Å². The van der Waals surface area contributed by atoms with Gasteiger partial charge in [0.25, 0.3) is 0 Å². The summed E-state index contributed by atoms with van der Waals surface area (Å²) in [4.78, 5) is 8.37. The van der Waals surface area contributed by atoms with Crippen LogP contribution in [0, 0.1) is 24.2 Å². The lowest BCUT2D eigenvalue weighted by Gasteiger charge is -2.04. The molecule has 0 aliphatic heterocycles. The van der Waals surface area contributed by atoms with Crippen LogP contribution < -0.4 is 5.32 Å². The van der Waals surface area contributed by atoms with Crippen LogP contribution in [0.25, 0.3) is 0 Å². The van der Waals surface area contributed by atoms with Crippen LogP contribution in [-0.2, 0) is 0 Å². The van der Waals surface area contributed by atoms with Gasteiger partial charge in [-0.25, -0.2) is 9.97 Å². The fourth-order valence-electron chi connectivity index (χ4n) is 1.73. The molecule has 0 spiro atoms. The molecule has 1 heterocycles. The van der Waals surface area contributed by atoms with Crippen LogP contribution in [-0.4, -0.2) is 16.0 Å². The Morgan fingerprint density at radius 2 is 2.40 bits per heavy atom. The lowest BCUT2D eigenvalue weighted by atomic mass is 10.3. The van der Waals surface area contributed by atoms with Crippen molar-refractivity contribution in [3.8, 4) is 6.07 Å². The highest BCUT2D eigenvalue weighted by atomic mass is 15.1. The summed E-state index contributed by atoms with van der Waals surface area (Å²) in [5, 5.41) is 12.0. The maximum Gasteiger partial charge on any atom is 0.224 e. The highest BCUT2D eigenvalue weighted by molar-refractivity contribution is 5.35. The summed E-state index contributed by atoms with van der Waals surface area (Å²) in [6.45, 7) is 4.06. The molecule has 0 saturated heterocycles. The minimum Gasteiger partial charge on any atom is -0.351 e. The van der Waals surface area contributed by atoms with Crippen LogP contribution in [0.1, 0.15) is 31.2 Å². The summed E-state index contributed by atoms with van der Waals surface area (Å²) in [5.74, 6) is 1.34. The molecule has 0 amide bonds. The largest absolute Gasteiger partial charge is 0.351 e. The van der Waals surface area contributed by atoms with E-state index in [9.17, 15) is 0 Å². The first-order chi connectivity index (χ1) is 7.22. The number of nitrogens with one attached hydrogen (secondary N) is 1. The van der Waals surface area contributed by atoms with Crippen molar-refractivity contribution in [3.05, 3.63) is 17.5 Å². The summed E-state index contributed by atoms with van der Waals surface area (Å²) < 4.78 is 0. The molecule has 78 valence electrons. The summed E-state index contributed by atoms with van der Waals surface area (Å²) in [5.41, 5.74) is 1.26. The van der Waals surface area contributed by atoms with E-state index in [-0.39, 0.29) is 0 Å². The molecule has 2 unspecified atom stereocenters. The summed E-state index contributed by atoms with van der Waals surface area (Å²) in [6, 6.07) is 4.23. The number of nitriles is 1. The Morgan fingerprint density at radius 1 is 1.60 bits per heavy atom. The molecule has 1 aliphatic rings. The summed E-state index contributed by atoms with van der Waals surface area (Å²) in [7, 11) is 0. The second-order valence-electron chi connectivity index (χ2n) is 3.98. The Bertz CT molecular complexity index is 408. The lowest BCUT2D eigenvalue weighted by molar-refractivity contribution is 0.771. The first-order valence-corrected chi connectivity index (χ1v) is 5.25. The van der Waals surface area contributed by atoms with Gasteiger partial charge in [-0.3, -0.25) is 0 Å². The fraction of sp³-hybridized carbons (Fsp3) is 0.545. The quantitative estimate of drug-likeness (QED) is 0.812. The molecule has 2 atom stereocenters. The Labute approximate surface area is 89.4 Å². The van der Waals surface area contributed by atoms with E-state index in [1.54, 1.807) is 6.07 Å². The van der Waals surface area contributed by atoms with E-state index in [1.165, 1.54) is 12.8 Å². The minimum atomic E-state index is 0.429. The normalized spacial score (nSPS) is 23.3. The first-order valence-electron chi connectivity index (χ1n) is 5.25. The van der Waals surface area contributed by atoms with E-state index in [0.717, 1.165) is 11.6 Å². The monoisotopic (exact) mass is 202 g/mol. The fourth-order valence-corrected chi connectivity index (χ4v) is 1.73.